The Bertz CT molecular complexity index is 1980. The highest BCUT2D eigenvalue weighted by Crippen LogP contribution is 2.24. The van der Waals surface area contributed by atoms with Crippen LogP contribution in [0.5, 0.6) is 0 Å². The number of carbonyl (C=O) groups excluding carboxylic acids is 7. The lowest BCUT2D eigenvalue weighted by molar-refractivity contribution is -0.142. The van der Waals surface area contributed by atoms with Crippen molar-refractivity contribution < 1.29 is 53.4 Å². The van der Waals surface area contributed by atoms with Crippen LogP contribution in [0.3, 0.4) is 0 Å². The number of unbranched alkanes of at least 4 members (excludes halogenated alkanes) is 6. The topological polar surface area (TPSA) is 292 Å². The third kappa shape index (κ3) is 29.2. The molecule has 0 fully saturated rings. The van der Waals surface area contributed by atoms with E-state index in [0.29, 0.717) is 63.8 Å². The van der Waals surface area contributed by atoms with Gasteiger partial charge in [0.2, 0.25) is 23.6 Å². The standard InChI is InChI=1S/C53H81N7O11/c1-4-5-6-7-8-9-10-15-45(63)16-11-14-43(54)35-55-31-28-47(56-30-13-17-46(64)36-58-37(2)61)49(65)34-42(52(69)57-32-29-48(53(70)71)60-50(66)18-12-19-51(67)68)33-39-20-22-40(23-21-39)41-24-26-44(27-25-41)59-38(3)62/h20-27,42-43,47-48,55-56H,4-19,28-36,54H2,1-3H3,(H,57,69)(H,58,61)(H,59,62)(H,60,66)(H,67,68)(H,70,71)/t42-,43-,47-,48+/m0/s1. The van der Waals surface area contributed by atoms with Gasteiger partial charge in [0.25, 0.3) is 0 Å². The van der Waals surface area contributed by atoms with Gasteiger partial charge in [-0.25, -0.2) is 4.79 Å². The number of carbonyl (C=O) groups is 9. The molecule has 0 bridgehead atoms. The van der Waals surface area contributed by atoms with Crippen LogP contribution in [-0.4, -0.2) is 114 Å². The van der Waals surface area contributed by atoms with E-state index in [4.69, 9.17) is 10.8 Å². The van der Waals surface area contributed by atoms with Crippen LogP contribution >= 0.6 is 0 Å². The SMILES string of the molecule is CCCCCCCCCC(=O)CCC[C@H](N)CNCC[C@H](NCCCC(=O)CNC(C)=O)C(=O)C[C@H](Cc1ccc(-c2ccc(NC(C)=O)cc2)cc1)C(=O)NCC[C@@H](NC(=O)CCCC(=O)O)C(=O)O. The monoisotopic (exact) mass is 992 g/mol. The number of carboxylic acids is 2. The number of aliphatic carboxylic acids is 2. The van der Waals surface area contributed by atoms with E-state index in [1.54, 1.807) is 12.1 Å². The zero-order valence-corrected chi connectivity index (χ0v) is 42.3. The molecule has 2 aromatic carbocycles. The van der Waals surface area contributed by atoms with Crippen LogP contribution in [0.4, 0.5) is 5.69 Å². The number of ketones is 3. The zero-order valence-electron chi connectivity index (χ0n) is 42.3. The molecule has 394 valence electrons. The van der Waals surface area contributed by atoms with Gasteiger partial charge in [0.05, 0.1) is 12.6 Å². The Labute approximate surface area is 419 Å². The molecule has 10 N–H and O–H groups in total. The fourth-order valence-corrected chi connectivity index (χ4v) is 7.97. The lowest BCUT2D eigenvalue weighted by atomic mass is 9.89. The molecule has 0 aromatic heterocycles. The number of benzene rings is 2. The Morgan fingerprint density at radius 1 is 0.606 bits per heavy atom. The molecule has 2 rings (SSSR count). The van der Waals surface area contributed by atoms with Crippen LogP contribution in [-0.2, 0) is 49.6 Å². The summed E-state index contributed by atoms with van der Waals surface area (Å²) in [6.07, 6.45) is 10.8. The van der Waals surface area contributed by atoms with E-state index in [-0.39, 0.29) is 93.2 Å². The fraction of sp³-hybridized carbons (Fsp3) is 0.604. The van der Waals surface area contributed by atoms with Gasteiger partial charge in [-0.1, -0.05) is 81.8 Å². The highest BCUT2D eigenvalue weighted by molar-refractivity contribution is 5.91. The highest BCUT2D eigenvalue weighted by Gasteiger charge is 2.28. The van der Waals surface area contributed by atoms with Crippen LogP contribution in [0.15, 0.2) is 48.5 Å². The van der Waals surface area contributed by atoms with E-state index in [2.05, 4.69) is 38.8 Å². The van der Waals surface area contributed by atoms with E-state index in [0.717, 1.165) is 36.0 Å². The molecule has 0 unspecified atom stereocenters. The number of amides is 4. The van der Waals surface area contributed by atoms with Gasteiger partial charge in [-0.3, -0.25) is 38.4 Å². The van der Waals surface area contributed by atoms with Gasteiger partial charge >= 0.3 is 11.9 Å². The van der Waals surface area contributed by atoms with E-state index in [9.17, 15) is 48.3 Å². The van der Waals surface area contributed by atoms with Crippen molar-refractivity contribution >= 4 is 58.6 Å². The molecule has 0 spiro atoms. The summed E-state index contributed by atoms with van der Waals surface area (Å²) >= 11 is 0. The van der Waals surface area contributed by atoms with Crippen LogP contribution in [0, 0.1) is 5.92 Å². The first-order valence-corrected chi connectivity index (χ1v) is 25.5. The maximum Gasteiger partial charge on any atom is 0.326 e. The molecule has 0 saturated heterocycles. The van der Waals surface area contributed by atoms with Crippen molar-refractivity contribution in [2.24, 2.45) is 11.7 Å². The summed E-state index contributed by atoms with van der Waals surface area (Å²) in [6.45, 7) is 5.88. The molecule has 0 heterocycles. The molecule has 18 heteroatoms. The van der Waals surface area contributed by atoms with Crippen molar-refractivity contribution in [2.45, 2.75) is 167 Å². The maximum absolute atomic E-state index is 14.3. The Morgan fingerprint density at radius 2 is 1.23 bits per heavy atom. The number of Topliss-reactive ketones (excluding diaryl/α,β-unsaturated/α-hetero) is 3. The molecule has 0 radical (unpaired) electrons. The quantitative estimate of drug-likeness (QED) is 0.0378. The van der Waals surface area contributed by atoms with Crippen LogP contribution in [0.2, 0.25) is 0 Å². The predicted octanol–water partition coefficient (Wildman–Crippen LogP) is 5.39. The molecular formula is C53H81N7O11. The Hall–Kier alpha value is -5.85. The van der Waals surface area contributed by atoms with Gasteiger partial charge in [-0.05, 0) is 93.3 Å². The van der Waals surface area contributed by atoms with Crippen molar-refractivity contribution in [3.63, 3.8) is 0 Å². The summed E-state index contributed by atoms with van der Waals surface area (Å²) in [5, 5.41) is 35.7. The largest absolute Gasteiger partial charge is 0.481 e. The predicted molar refractivity (Wildman–Crippen MR) is 273 cm³/mol. The first-order chi connectivity index (χ1) is 34.0. The maximum atomic E-state index is 14.3. The summed E-state index contributed by atoms with van der Waals surface area (Å²) in [5.41, 5.74) is 9.58. The average molecular weight is 992 g/mol. The number of anilines is 1. The van der Waals surface area contributed by atoms with Gasteiger partial charge in [0.1, 0.15) is 11.8 Å². The molecule has 2 aromatic rings. The molecule has 71 heavy (non-hydrogen) atoms. The van der Waals surface area contributed by atoms with Gasteiger partial charge < -0.3 is 47.8 Å². The molecule has 4 amide bonds. The zero-order chi connectivity index (χ0) is 52.4. The number of hydrogen-bond acceptors (Lipinski definition) is 12. The summed E-state index contributed by atoms with van der Waals surface area (Å²) in [7, 11) is 0. The fourth-order valence-electron chi connectivity index (χ4n) is 7.97. The van der Waals surface area contributed by atoms with E-state index in [1.165, 1.54) is 39.5 Å². The minimum Gasteiger partial charge on any atom is -0.481 e. The van der Waals surface area contributed by atoms with Gasteiger partial charge in [0, 0.05) is 83.1 Å². The normalized spacial score (nSPS) is 12.7. The lowest BCUT2D eigenvalue weighted by Gasteiger charge is -2.23. The van der Waals surface area contributed by atoms with Gasteiger partial charge in [0.15, 0.2) is 11.6 Å². The molecule has 0 saturated carbocycles. The third-order valence-corrected chi connectivity index (χ3v) is 12.0. The van der Waals surface area contributed by atoms with Crippen molar-refractivity contribution in [1.82, 2.24) is 26.6 Å². The highest BCUT2D eigenvalue weighted by atomic mass is 16.4. The minimum absolute atomic E-state index is 0.0324. The van der Waals surface area contributed by atoms with E-state index in [1.807, 2.05) is 36.4 Å². The molecule has 0 aliphatic heterocycles. The van der Waals surface area contributed by atoms with Crippen LogP contribution < -0.4 is 37.6 Å². The van der Waals surface area contributed by atoms with E-state index < -0.39 is 41.8 Å². The molecule has 0 aliphatic carbocycles. The Balaban J connectivity index is 2.17. The number of nitrogens with one attached hydrogen (secondary N) is 6. The summed E-state index contributed by atoms with van der Waals surface area (Å²) < 4.78 is 0. The minimum atomic E-state index is -1.35. The second-order valence-corrected chi connectivity index (χ2v) is 18.4. The Morgan fingerprint density at radius 3 is 1.86 bits per heavy atom. The number of rotatable bonds is 41. The number of carboxylic acid groups (broad SMARTS) is 2. The second kappa shape index (κ2) is 36.1. The van der Waals surface area contributed by atoms with Crippen LogP contribution in [0.1, 0.15) is 148 Å². The van der Waals surface area contributed by atoms with Crippen LogP contribution in [0.25, 0.3) is 11.1 Å². The summed E-state index contributed by atoms with van der Waals surface area (Å²) in [4.78, 5) is 111. The van der Waals surface area contributed by atoms with Crippen molar-refractivity contribution in [3.05, 3.63) is 54.1 Å². The first-order valence-electron chi connectivity index (χ1n) is 25.5. The molecule has 18 nitrogen and oxygen atoms in total. The van der Waals surface area contributed by atoms with Crippen molar-refractivity contribution in [3.8, 4) is 11.1 Å². The average Bonchev–Trinajstić information content (AvgIpc) is 3.32. The third-order valence-electron chi connectivity index (χ3n) is 12.0. The van der Waals surface area contributed by atoms with Gasteiger partial charge in [-0.2, -0.15) is 0 Å². The molecule has 0 aliphatic rings. The van der Waals surface area contributed by atoms with Crippen molar-refractivity contribution in [2.75, 3.05) is 38.0 Å². The summed E-state index contributed by atoms with van der Waals surface area (Å²) in [5.74, 6) is -5.08. The number of hydrogen-bond donors (Lipinski definition) is 9. The van der Waals surface area contributed by atoms with Crippen molar-refractivity contribution in [1.29, 1.82) is 0 Å². The lowest BCUT2D eigenvalue weighted by Crippen LogP contribution is -2.45. The summed E-state index contributed by atoms with van der Waals surface area (Å²) in [6, 6.07) is 12.5. The molecular weight excluding hydrogens is 911 g/mol. The van der Waals surface area contributed by atoms with E-state index >= 15 is 0 Å². The smallest absolute Gasteiger partial charge is 0.326 e. The first kappa shape index (κ1) is 61.3. The number of nitrogens with two attached hydrogens (primary N) is 1. The van der Waals surface area contributed by atoms with Gasteiger partial charge in [-0.15, -0.1) is 0 Å². The Kier molecular flexibility index (Phi) is 31.2. The molecule has 4 atom stereocenters. The second-order valence-electron chi connectivity index (χ2n) is 18.4.